The fourth-order valence-corrected chi connectivity index (χ4v) is 2.43. The van der Waals surface area contributed by atoms with Gasteiger partial charge in [-0.1, -0.05) is 47.5 Å². The molecular formula is C18H22O2. The molecule has 0 saturated carbocycles. The summed E-state index contributed by atoms with van der Waals surface area (Å²) in [6.07, 6.45) is 0.529. The van der Waals surface area contributed by atoms with Gasteiger partial charge in [0, 0.05) is 6.42 Å². The van der Waals surface area contributed by atoms with Crippen LogP contribution in [0.1, 0.15) is 29.2 Å². The van der Waals surface area contributed by atoms with Gasteiger partial charge in [-0.2, -0.15) is 0 Å². The summed E-state index contributed by atoms with van der Waals surface area (Å²) in [5.41, 5.74) is 3.40. The zero-order valence-electron chi connectivity index (χ0n) is 12.6. The van der Waals surface area contributed by atoms with E-state index in [9.17, 15) is 5.11 Å². The highest BCUT2D eigenvalue weighted by atomic mass is 16.5. The molecule has 2 heteroatoms. The number of rotatable bonds is 4. The van der Waals surface area contributed by atoms with E-state index >= 15 is 0 Å². The molecule has 0 fully saturated rings. The molecule has 2 aromatic carbocycles. The van der Waals surface area contributed by atoms with Crippen LogP contribution in [-0.2, 0) is 12.0 Å². The predicted octanol–water partition coefficient (Wildman–Crippen LogP) is 3.76. The molecule has 2 nitrogen and oxygen atoms in total. The van der Waals surface area contributed by atoms with Crippen molar-refractivity contribution in [3.63, 3.8) is 0 Å². The summed E-state index contributed by atoms with van der Waals surface area (Å²) in [5.74, 6) is 0.822. The lowest BCUT2D eigenvalue weighted by Crippen LogP contribution is -2.24. The molecule has 106 valence electrons. The first kappa shape index (κ1) is 14.6. The zero-order valence-corrected chi connectivity index (χ0v) is 12.6. The molecule has 20 heavy (non-hydrogen) atoms. The van der Waals surface area contributed by atoms with Gasteiger partial charge < -0.3 is 9.84 Å². The molecular weight excluding hydrogens is 248 g/mol. The molecule has 0 bridgehead atoms. The highest BCUT2D eigenvalue weighted by Gasteiger charge is 2.25. The molecule has 2 rings (SSSR count). The molecule has 0 aliphatic carbocycles. The van der Waals surface area contributed by atoms with E-state index in [1.165, 1.54) is 11.1 Å². The third kappa shape index (κ3) is 3.20. The number of aliphatic hydroxyl groups is 1. The Morgan fingerprint density at radius 2 is 1.60 bits per heavy atom. The Bertz CT molecular complexity index is 583. The van der Waals surface area contributed by atoms with Crippen LogP contribution in [0.2, 0.25) is 0 Å². The smallest absolute Gasteiger partial charge is 0.122 e. The Morgan fingerprint density at radius 3 is 2.20 bits per heavy atom. The van der Waals surface area contributed by atoms with Crippen LogP contribution in [0.4, 0.5) is 0 Å². The van der Waals surface area contributed by atoms with Gasteiger partial charge in [0.2, 0.25) is 0 Å². The fraction of sp³-hybridized carbons (Fsp3) is 0.333. The second-order valence-corrected chi connectivity index (χ2v) is 5.63. The van der Waals surface area contributed by atoms with Gasteiger partial charge in [-0.25, -0.2) is 0 Å². The van der Waals surface area contributed by atoms with Gasteiger partial charge >= 0.3 is 0 Å². The summed E-state index contributed by atoms with van der Waals surface area (Å²) < 4.78 is 5.39. The maximum atomic E-state index is 10.8. The van der Waals surface area contributed by atoms with E-state index in [4.69, 9.17) is 4.74 Å². The second kappa shape index (κ2) is 5.68. The highest BCUT2D eigenvalue weighted by Crippen LogP contribution is 2.30. The number of hydrogen-bond acceptors (Lipinski definition) is 2. The van der Waals surface area contributed by atoms with E-state index in [1.54, 1.807) is 7.11 Å². The Morgan fingerprint density at radius 1 is 1.00 bits per heavy atom. The molecule has 0 saturated heterocycles. The van der Waals surface area contributed by atoms with Crippen LogP contribution in [-0.4, -0.2) is 12.2 Å². The van der Waals surface area contributed by atoms with Crippen molar-refractivity contribution < 1.29 is 9.84 Å². The average molecular weight is 270 g/mol. The second-order valence-electron chi connectivity index (χ2n) is 5.63. The van der Waals surface area contributed by atoms with Crippen molar-refractivity contribution in [3.05, 3.63) is 64.7 Å². The first-order chi connectivity index (χ1) is 9.42. The number of ether oxygens (including phenoxy) is 1. The van der Waals surface area contributed by atoms with E-state index in [2.05, 4.69) is 6.07 Å². The predicted molar refractivity (Wildman–Crippen MR) is 82.2 cm³/mol. The van der Waals surface area contributed by atoms with Crippen LogP contribution in [0.5, 0.6) is 5.75 Å². The first-order valence-corrected chi connectivity index (χ1v) is 6.85. The third-order valence-electron chi connectivity index (χ3n) is 3.64. The molecule has 0 spiro atoms. The molecule has 0 radical (unpaired) electrons. The van der Waals surface area contributed by atoms with Crippen molar-refractivity contribution in [1.29, 1.82) is 0 Å². The molecule has 0 aliphatic rings. The molecule has 1 atom stereocenters. The minimum atomic E-state index is -0.908. The van der Waals surface area contributed by atoms with Crippen molar-refractivity contribution in [2.45, 2.75) is 32.8 Å². The standard InChI is InChI=1S/C18H22O2/c1-13-5-8-16(9-6-13)18(3,19)12-15-11-14(2)7-10-17(15)20-4/h5-11,19H,12H2,1-4H3. The van der Waals surface area contributed by atoms with Gasteiger partial charge in [0.25, 0.3) is 0 Å². The van der Waals surface area contributed by atoms with E-state index in [0.29, 0.717) is 6.42 Å². The summed E-state index contributed by atoms with van der Waals surface area (Å²) in [7, 11) is 1.66. The summed E-state index contributed by atoms with van der Waals surface area (Å²) in [4.78, 5) is 0. The van der Waals surface area contributed by atoms with Crippen LogP contribution >= 0.6 is 0 Å². The summed E-state index contributed by atoms with van der Waals surface area (Å²) in [5, 5.41) is 10.8. The SMILES string of the molecule is COc1ccc(C)cc1CC(C)(O)c1ccc(C)cc1. The van der Waals surface area contributed by atoms with Gasteiger partial charge in [0.1, 0.15) is 5.75 Å². The van der Waals surface area contributed by atoms with Crippen LogP contribution in [0.15, 0.2) is 42.5 Å². The Kier molecular flexibility index (Phi) is 4.15. The molecule has 0 amide bonds. The Hall–Kier alpha value is -1.80. The van der Waals surface area contributed by atoms with Gasteiger partial charge in [0.15, 0.2) is 0 Å². The van der Waals surface area contributed by atoms with E-state index < -0.39 is 5.60 Å². The highest BCUT2D eigenvalue weighted by molar-refractivity contribution is 5.39. The van der Waals surface area contributed by atoms with Crippen LogP contribution in [0.25, 0.3) is 0 Å². The number of aryl methyl sites for hydroxylation is 2. The number of hydrogen-bond donors (Lipinski definition) is 1. The lowest BCUT2D eigenvalue weighted by Gasteiger charge is -2.25. The number of benzene rings is 2. The number of methoxy groups -OCH3 is 1. The fourth-order valence-electron chi connectivity index (χ4n) is 2.43. The van der Waals surface area contributed by atoms with Crippen molar-refractivity contribution >= 4 is 0 Å². The van der Waals surface area contributed by atoms with Crippen molar-refractivity contribution in [2.24, 2.45) is 0 Å². The summed E-state index contributed by atoms with van der Waals surface area (Å²) in [6.45, 7) is 5.94. The molecule has 1 unspecified atom stereocenters. The molecule has 0 heterocycles. The zero-order chi connectivity index (χ0) is 14.8. The molecule has 1 N–H and O–H groups in total. The van der Waals surface area contributed by atoms with Crippen LogP contribution in [0.3, 0.4) is 0 Å². The molecule has 0 aromatic heterocycles. The van der Waals surface area contributed by atoms with E-state index in [1.807, 2.05) is 57.2 Å². The van der Waals surface area contributed by atoms with E-state index in [-0.39, 0.29) is 0 Å². The third-order valence-corrected chi connectivity index (χ3v) is 3.64. The van der Waals surface area contributed by atoms with Gasteiger partial charge in [-0.15, -0.1) is 0 Å². The minimum absolute atomic E-state index is 0.529. The largest absolute Gasteiger partial charge is 0.496 e. The van der Waals surface area contributed by atoms with Gasteiger partial charge in [-0.3, -0.25) is 0 Å². The monoisotopic (exact) mass is 270 g/mol. The average Bonchev–Trinajstić information content (AvgIpc) is 2.39. The maximum Gasteiger partial charge on any atom is 0.122 e. The molecule has 0 aliphatic heterocycles. The summed E-state index contributed by atoms with van der Waals surface area (Å²) >= 11 is 0. The van der Waals surface area contributed by atoms with Crippen molar-refractivity contribution in [3.8, 4) is 5.75 Å². The lowest BCUT2D eigenvalue weighted by atomic mass is 9.88. The lowest BCUT2D eigenvalue weighted by molar-refractivity contribution is 0.0569. The van der Waals surface area contributed by atoms with Gasteiger partial charge in [0.05, 0.1) is 12.7 Å². The van der Waals surface area contributed by atoms with Crippen molar-refractivity contribution in [1.82, 2.24) is 0 Å². The Balaban J connectivity index is 2.32. The quantitative estimate of drug-likeness (QED) is 0.916. The summed E-state index contributed by atoms with van der Waals surface area (Å²) in [6, 6.07) is 14.1. The Labute approximate surface area is 121 Å². The van der Waals surface area contributed by atoms with Gasteiger partial charge in [-0.05, 0) is 38.0 Å². The van der Waals surface area contributed by atoms with E-state index in [0.717, 1.165) is 16.9 Å². The normalized spacial score (nSPS) is 13.8. The molecule has 2 aromatic rings. The minimum Gasteiger partial charge on any atom is -0.496 e. The van der Waals surface area contributed by atoms with Crippen molar-refractivity contribution in [2.75, 3.05) is 7.11 Å². The maximum absolute atomic E-state index is 10.8. The first-order valence-electron chi connectivity index (χ1n) is 6.85. The van der Waals surface area contributed by atoms with Crippen LogP contribution < -0.4 is 4.74 Å². The van der Waals surface area contributed by atoms with Crippen LogP contribution in [0, 0.1) is 13.8 Å². The topological polar surface area (TPSA) is 29.5 Å².